The van der Waals surface area contributed by atoms with Gasteiger partial charge < -0.3 is 9.80 Å². The molecular formula is C12H16N2O. The third-order valence-corrected chi connectivity index (χ3v) is 2.94. The van der Waals surface area contributed by atoms with Gasteiger partial charge in [-0.3, -0.25) is 4.79 Å². The van der Waals surface area contributed by atoms with Crippen molar-refractivity contribution in [2.75, 3.05) is 24.5 Å². The minimum atomic E-state index is 0.302. The number of piperazine rings is 1. The molecule has 1 aromatic carbocycles. The maximum atomic E-state index is 10.7. The van der Waals surface area contributed by atoms with Crippen LogP contribution in [0.2, 0.25) is 0 Å². The van der Waals surface area contributed by atoms with Crippen molar-refractivity contribution in [3.05, 3.63) is 30.3 Å². The Kier molecular flexibility index (Phi) is 2.90. The highest BCUT2D eigenvalue weighted by Crippen LogP contribution is 2.17. The molecule has 1 aliphatic heterocycles. The summed E-state index contributed by atoms with van der Waals surface area (Å²) in [5.74, 6) is 0. The van der Waals surface area contributed by atoms with Crippen molar-refractivity contribution in [3.8, 4) is 0 Å². The van der Waals surface area contributed by atoms with E-state index in [2.05, 4.69) is 24.0 Å². The molecule has 3 nitrogen and oxygen atoms in total. The van der Waals surface area contributed by atoms with E-state index < -0.39 is 0 Å². The van der Waals surface area contributed by atoms with Crippen molar-refractivity contribution in [2.45, 2.75) is 13.0 Å². The summed E-state index contributed by atoms with van der Waals surface area (Å²) in [7, 11) is 0. The molecular weight excluding hydrogens is 188 g/mol. The lowest BCUT2D eigenvalue weighted by Crippen LogP contribution is -2.51. The van der Waals surface area contributed by atoms with E-state index >= 15 is 0 Å². The summed E-state index contributed by atoms with van der Waals surface area (Å²) >= 11 is 0. The lowest BCUT2D eigenvalue weighted by molar-refractivity contribution is -0.120. The van der Waals surface area contributed by atoms with E-state index in [1.807, 2.05) is 23.1 Å². The number of carbonyl (C=O) groups excluding carboxylic acids is 1. The third kappa shape index (κ3) is 2.12. The number of amides is 1. The lowest BCUT2D eigenvalue weighted by Gasteiger charge is -2.39. The quantitative estimate of drug-likeness (QED) is 0.679. The molecule has 0 spiro atoms. The van der Waals surface area contributed by atoms with Crippen LogP contribution in [0.3, 0.4) is 0 Å². The van der Waals surface area contributed by atoms with Crippen molar-refractivity contribution in [3.63, 3.8) is 0 Å². The molecule has 1 aromatic rings. The van der Waals surface area contributed by atoms with Gasteiger partial charge in [0.25, 0.3) is 0 Å². The zero-order valence-corrected chi connectivity index (χ0v) is 8.97. The number of hydrogen-bond donors (Lipinski definition) is 0. The molecule has 3 heteroatoms. The van der Waals surface area contributed by atoms with Gasteiger partial charge in [0.05, 0.1) is 0 Å². The first kappa shape index (κ1) is 10.0. The van der Waals surface area contributed by atoms with Crippen LogP contribution < -0.4 is 4.90 Å². The Morgan fingerprint density at radius 3 is 2.60 bits per heavy atom. The second-order valence-electron chi connectivity index (χ2n) is 3.97. The number of anilines is 1. The summed E-state index contributed by atoms with van der Waals surface area (Å²) in [6, 6.07) is 10.6. The van der Waals surface area contributed by atoms with Gasteiger partial charge in [0.1, 0.15) is 0 Å². The molecule has 0 bridgehead atoms. The zero-order valence-electron chi connectivity index (χ0n) is 8.97. The molecule has 0 aliphatic carbocycles. The average Bonchev–Trinajstić information content (AvgIpc) is 2.30. The van der Waals surface area contributed by atoms with E-state index in [0.29, 0.717) is 6.04 Å². The lowest BCUT2D eigenvalue weighted by atomic mass is 10.2. The molecule has 1 amide bonds. The van der Waals surface area contributed by atoms with Crippen LogP contribution >= 0.6 is 0 Å². The fourth-order valence-corrected chi connectivity index (χ4v) is 2.00. The van der Waals surface area contributed by atoms with Crippen LogP contribution in [0.5, 0.6) is 0 Å². The van der Waals surface area contributed by atoms with E-state index in [4.69, 9.17) is 0 Å². The standard InChI is InChI=1S/C12H16N2O/c1-11-9-13(7-8-14(11)10-15)12-5-3-2-4-6-12/h2-6,10-11H,7-9H2,1H3/t11-/m0/s1. The highest BCUT2D eigenvalue weighted by Gasteiger charge is 2.21. The summed E-state index contributed by atoms with van der Waals surface area (Å²) in [6.07, 6.45) is 0.951. The monoisotopic (exact) mass is 204 g/mol. The number of rotatable bonds is 2. The first-order valence-electron chi connectivity index (χ1n) is 5.32. The van der Waals surface area contributed by atoms with Gasteiger partial charge in [-0.2, -0.15) is 0 Å². The highest BCUT2D eigenvalue weighted by molar-refractivity contribution is 5.51. The minimum absolute atomic E-state index is 0.302. The Balaban J connectivity index is 2.06. The van der Waals surface area contributed by atoms with E-state index in [0.717, 1.165) is 26.0 Å². The zero-order chi connectivity index (χ0) is 10.7. The van der Waals surface area contributed by atoms with Crippen LogP contribution in [0, 0.1) is 0 Å². The van der Waals surface area contributed by atoms with Crippen LogP contribution in [0.25, 0.3) is 0 Å². The summed E-state index contributed by atoms with van der Waals surface area (Å²) < 4.78 is 0. The Morgan fingerprint density at radius 2 is 2.00 bits per heavy atom. The Morgan fingerprint density at radius 1 is 1.27 bits per heavy atom. The molecule has 0 N–H and O–H groups in total. The first-order valence-corrected chi connectivity index (χ1v) is 5.32. The second-order valence-corrected chi connectivity index (χ2v) is 3.97. The number of hydrogen-bond acceptors (Lipinski definition) is 2. The molecule has 0 saturated carbocycles. The van der Waals surface area contributed by atoms with Crippen molar-refractivity contribution < 1.29 is 4.79 Å². The van der Waals surface area contributed by atoms with Gasteiger partial charge in [-0.05, 0) is 19.1 Å². The second kappa shape index (κ2) is 4.34. The summed E-state index contributed by atoms with van der Waals surface area (Å²) in [5, 5.41) is 0. The van der Waals surface area contributed by atoms with Crippen LogP contribution in [0.4, 0.5) is 5.69 Å². The first-order chi connectivity index (χ1) is 7.31. The molecule has 1 heterocycles. The molecule has 15 heavy (non-hydrogen) atoms. The summed E-state index contributed by atoms with van der Waals surface area (Å²) in [5.41, 5.74) is 1.25. The fourth-order valence-electron chi connectivity index (χ4n) is 2.00. The SMILES string of the molecule is C[C@H]1CN(c2ccccc2)CCN1C=O. The van der Waals surface area contributed by atoms with Gasteiger partial charge in [-0.15, -0.1) is 0 Å². The van der Waals surface area contributed by atoms with Crippen LogP contribution in [-0.4, -0.2) is 37.0 Å². The molecule has 1 saturated heterocycles. The van der Waals surface area contributed by atoms with E-state index in [-0.39, 0.29) is 0 Å². The topological polar surface area (TPSA) is 23.6 Å². The van der Waals surface area contributed by atoms with Gasteiger partial charge in [-0.25, -0.2) is 0 Å². The molecule has 0 unspecified atom stereocenters. The molecule has 1 fully saturated rings. The molecule has 1 atom stereocenters. The minimum Gasteiger partial charge on any atom is -0.368 e. The van der Waals surface area contributed by atoms with Crippen LogP contribution in [-0.2, 0) is 4.79 Å². The van der Waals surface area contributed by atoms with E-state index in [9.17, 15) is 4.79 Å². The Bertz CT molecular complexity index is 326. The molecule has 0 radical (unpaired) electrons. The Labute approximate surface area is 90.3 Å². The average molecular weight is 204 g/mol. The van der Waals surface area contributed by atoms with Crippen molar-refractivity contribution in [2.24, 2.45) is 0 Å². The maximum Gasteiger partial charge on any atom is 0.210 e. The van der Waals surface area contributed by atoms with Gasteiger partial charge in [0, 0.05) is 31.4 Å². The highest BCUT2D eigenvalue weighted by atomic mass is 16.1. The normalized spacial score (nSPS) is 21.5. The van der Waals surface area contributed by atoms with E-state index in [1.54, 1.807) is 0 Å². The van der Waals surface area contributed by atoms with Gasteiger partial charge in [0.2, 0.25) is 6.41 Å². The number of carbonyl (C=O) groups is 1. The molecule has 2 rings (SSSR count). The number of para-hydroxylation sites is 1. The van der Waals surface area contributed by atoms with Crippen LogP contribution in [0.15, 0.2) is 30.3 Å². The Hall–Kier alpha value is -1.51. The van der Waals surface area contributed by atoms with Crippen molar-refractivity contribution in [1.82, 2.24) is 4.90 Å². The molecule has 80 valence electrons. The summed E-state index contributed by atoms with van der Waals surface area (Å²) in [4.78, 5) is 14.9. The predicted octanol–water partition coefficient (Wildman–Crippen LogP) is 1.35. The largest absolute Gasteiger partial charge is 0.368 e. The van der Waals surface area contributed by atoms with Gasteiger partial charge >= 0.3 is 0 Å². The molecule has 0 aromatic heterocycles. The number of benzene rings is 1. The third-order valence-electron chi connectivity index (χ3n) is 2.94. The van der Waals surface area contributed by atoms with Crippen molar-refractivity contribution >= 4 is 12.1 Å². The molecule has 1 aliphatic rings. The smallest absolute Gasteiger partial charge is 0.210 e. The van der Waals surface area contributed by atoms with Gasteiger partial charge in [-0.1, -0.05) is 18.2 Å². The summed E-state index contributed by atoms with van der Waals surface area (Å²) in [6.45, 7) is 4.75. The predicted molar refractivity (Wildman–Crippen MR) is 60.9 cm³/mol. The number of nitrogens with zero attached hydrogens (tertiary/aromatic N) is 2. The maximum absolute atomic E-state index is 10.7. The van der Waals surface area contributed by atoms with Crippen molar-refractivity contribution in [1.29, 1.82) is 0 Å². The van der Waals surface area contributed by atoms with E-state index in [1.165, 1.54) is 5.69 Å². The van der Waals surface area contributed by atoms with Crippen LogP contribution in [0.1, 0.15) is 6.92 Å². The fraction of sp³-hybridized carbons (Fsp3) is 0.417. The van der Waals surface area contributed by atoms with Gasteiger partial charge in [0.15, 0.2) is 0 Å².